The van der Waals surface area contributed by atoms with Crippen LogP contribution in [-0.2, 0) is 113 Å². The fraction of sp³-hybridized carbons (Fsp3) is 0.619. The summed E-state index contributed by atoms with van der Waals surface area (Å²) in [5, 5.41) is 81.0. The molecule has 8 unspecified atom stereocenters. The maximum Gasteiger partial charge on any atom is 0.305 e. The Morgan fingerprint density at radius 1 is 0.336 bits per heavy atom. The highest BCUT2D eigenvalue weighted by atomic mass is 16.5. The number of carbonyl (C=O) groups is 18. The molecule has 0 bridgehead atoms. The largest absolute Gasteiger partial charge is 0.481 e. The summed E-state index contributed by atoms with van der Waals surface area (Å²) in [6.45, 7) is 3.38. The second kappa shape index (κ2) is 65.7. The molecule has 2 aromatic rings. The molecule has 0 saturated carbocycles. The summed E-state index contributed by atoms with van der Waals surface area (Å²) in [6, 6.07) is 5.69. The number of nitrogens with zero attached hydrogens (tertiary/aromatic N) is 1. The van der Waals surface area contributed by atoms with E-state index in [4.69, 9.17) is 42.2 Å². The van der Waals surface area contributed by atoms with Gasteiger partial charge >= 0.3 is 11.9 Å². The zero-order chi connectivity index (χ0) is 95.9. The third-order valence-electron chi connectivity index (χ3n) is 20.2. The molecule has 0 aliphatic carbocycles. The predicted octanol–water partition coefficient (Wildman–Crippen LogP) is -6.66. The van der Waals surface area contributed by atoms with Crippen molar-refractivity contribution in [2.75, 3.05) is 131 Å². The number of carbonyl (C=O) groups excluding carboxylic acids is 16. The third-order valence-corrected chi connectivity index (χ3v) is 20.2. The Hall–Kier alpha value is -12.8. The lowest BCUT2D eigenvalue weighted by Gasteiger charge is -2.26. The zero-order valence-corrected chi connectivity index (χ0v) is 74.2. The van der Waals surface area contributed by atoms with E-state index in [1.807, 2.05) is 4.90 Å². The number of carboxylic acids is 2. The molecule has 0 radical (unpaired) electrons. The Labute approximate surface area is 760 Å². The maximum absolute atomic E-state index is 14.2. The number of nitrogens with one attached hydrogen (secondary N) is 20. The Morgan fingerprint density at radius 2 is 0.634 bits per heavy atom. The van der Waals surface area contributed by atoms with Crippen molar-refractivity contribution in [3.05, 3.63) is 71.8 Å². The molecule has 131 heavy (non-hydrogen) atoms. The molecule has 0 spiro atoms. The lowest BCUT2D eigenvalue weighted by atomic mass is 10.0. The van der Waals surface area contributed by atoms with Crippen LogP contribution in [0.5, 0.6) is 0 Å². The molecule has 728 valence electrons. The first-order chi connectivity index (χ1) is 62.9. The van der Waals surface area contributed by atoms with Crippen LogP contribution in [0.15, 0.2) is 60.7 Å². The lowest BCUT2D eigenvalue weighted by Crippen LogP contribution is -2.58. The number of unbranched alkanes of at least 4 members (excludes halogenated alkanes) is 2. The van der Waals surface area contributed by atoms with E-state index in [-0.39, 0.29) is 228 Å². The van der Waals surface area contributed by atoms with Crippen LogP contribution in [-0.4, -0.2) is 313 Å². The van der Waals surface area contributed by atoms with Crippen molar-refractivity contribution < 1.29 is 111 Å². The number of carboxylic acid groups (broad SMARTS) is 2. The summed E-state index contributed by atoms with van der Waals surface area (Å²) >= 11 is 0. The number of amides is 16. The van der Waals surface area contributed by atoms with Crippen molar-refractivity contribution in [2.45, 2.75) is 202 Å². The number of ether oxygens (including phenoxy) is 3. The van der Waals surface area contributed by atoms with Gasteiger partial charge in [0.15, 0.2) is 11.9 Å². The highest BCUT2D eigenvalue weighted by Crippen LogP contribution is 2.14. The van der Waals surface area contributed by atoms with Crippen molar-refractivity contribution in [1.82, 2.24) is 101 Å². The highest BCUT2D eigenvalue weighted by Gasteiger charge is 2.36. The number of hydrogen-bond acceptors (Lipinski definition) is 25. The molecule has 47 heteroatoms. The summed E-state index contributed by atoms with van der Waals surface area (Å²) in [6.07, 6.45) is 1.06. The zero-order valence-electron chi connectivity index (χ0n) is 74.2. The average molecular weight is 1850 g/mol. The third kappa shape index (κ3) is 51.9. The molecule has 2 saturated heterocycles. The van der Waals surface area contributed by atoms with Crippen molar-refractivity contribution in [2.24, 2.45) is 17.2 Å². The molecule has 47 nitrogen and oxygen atoms in total. The molecular formula is C84H134N24O23. The van der Waals surface area contributed by atoms with Crippen LogP contribution in [0.3, 0.4) is 0 Å². The van der Waals surface area contributed by atoms with Crippen molar-refractivity contribution in [3.63, 3.8) is 0 Å². The Kier molecular flexibility index (Phi) is 55.5. The van der Waals surface area contributed by atoms with Gasteiger partial charge in [-0.15, -0.1) is 0 Å². The standard InChI is InChI=1S/C84H134N24O23/c85-31-15-43-129-45-47-131-48-46-130-44-16-40-108(41-29-69(113)94-38-36-92-67(111)27-11-25-65(109)90-32-9-7-21-59-77(123)102-57(23-13-34-96-83(86)87)75(121)98-53-71(115)100-63(51-73(117)118)81(127)106-61(79(125)104-59)49-55-17-3-1-4-18-55)42-30-70(114)95-39-37-93-68(112)28-12-26-66(110)91-33-10-8-22-60-78(124)103-58(24-14-35-97-84(88)89)76(122)99-54-72(116)101-64(52-74(119)120)82(128)107-62(80(126)105-60)50-56-19-5-2-6-20-56/h1-6,17-20,57-64H,7-16,21-54,85H2,(H,90,109)(H,91,110)(H,92,111)(H,93,112)(H,94,113)(H,95,114)(H,98,121)(H,99,122)(H,100,115)(H,101,116)(H,102,123)(H,103,124)(H,104,125)(H,105,126)(H,106,127)(H,107,128)(H,117,118)(H,119,120)(H4,86,87,96)(H4,88,89,97). The summed E-state index contributed by atoms with van der Waals surface area (Å²) in [5.41, 5.74) is 17.5. The van der Waals surface area contributed by atoms with Gasteiger partial charge in [0, 0.05) is 137 Å². The molecule has 2 aromatic carbocycles. The molecule has 4 rings (SSSR count). The number of benzene rings is 2. The van der Waals surface area contributed by atoms with Gasteiger partial charge in [0.25, 0.3) is 0 Å². The van der Waals surface area contributed by atoms with E-state index in [1.165, 1.54) is 0 Å². The van der Waals surface area contributed by atoms with E-state index in [0.717, 1.165) is 6.42 Å². The normalized spacial score (nSPS) is 18.4. The first kappa shape index (κ1) is 111. The summed E-state index contributed by atoms with van der Waals surface area (Å²) < 4.78 is 16.8. The van der Waals surface area contributed by atoms with E-state index in [9.17, 15) is 96.5 Å². The molecule has 28 N–H and O–H groups in total. The molecule has 2 aliphatic rings. The molecule has 16 amide bonds. The SMILES string of the molecule is N=C(N)NCCCC1NC(=O)C(CCCCNC(=O)CCCC(=O)NCCNC(=O)CCN(CCCOCCOCCOCCCN)CCC(=O)NCCNC(=O)CCCC(=O)NCCCCC2NC(=O)C(Cc3ccccc3)NC(=O)C(CC(=O)O)NC(=O)CNC(=O)C(CCCNC(=N)N)NC2=O)NC(=O)C(Cc2ccccc2)NC(=O)C(CC(=O)O)NC(=O)CNC1=O. The number of nitrogens with two attached hydrogens (primary N) is 3. The van der Waals surface area contributed by atoms with Crippen LogP contribution >= 0.6 is 0 Å². The van der Waals surface area contributed by atoms with Crippen molar-refractivity contribution in [1.29, 1.82) is 10.8 Å². The Morgan fingerprint density at radius 3 is 0.985 bits per heavy atom. The number of rotatable bonds is 59. The van der Waals surface area contributed by atoms with Gasteiger partial charge in [0.05, 0.1) is 52.4 Å². The molecule has 2 heterocycles. The number of aliphatic carboxylic acids is 2. The van der Waals surface area contributed by atoms with Gasteiger partial charge in [-0.05, 0) is 108 Å². The smallest absolute Gasteiger partial charge is 0.305 e. The van der Waals surface area contributed by atoms with E-state index in [2.05, 4.69) is 95.7 Å². The monoisotopic (exact) mass is 1850 g/mol. The minimum absolute atomic E-state index is 0.0156. The lowest BCUT2D eigenvalue weighted by molar-refractivity contribution is -0.141. The van der Waals surface area contributed by atoms with Gasteiger partial charge in [-0.25, -0.2) is 0 Å². The Balaban J connectivity index is 1.21. The molecule has 8 atom stereocenters. The van der Waals surface area contributed by atoms with Gasteiger partial charge in [-0.2, -0.15) is 0 Å². The van der Waals surface area contributed by atoms with Crippen LogP contribution in [0.1, 0.15) is 152 Å². The number of hydrogen-bond donors (Lipinski definition) is 25. The van der Waals surface area contributed by atoms with E-state index >= 15 is 0 Å². The second-order valence-corrected chi connectivity index (χ2v) is 31.1. The molecular weight excluding hydrogens is 1710 g/mol. The topological polar surface area (TPSA) is 721 Å². The van der Waals surface area contributed by atoms with Crippen LogP contribution < -0.4 is 113 Å². The van der Waals surface area contributed by atoms with Gasteiger partial charge in [0.2, 0.25) is 94.5 Å². The summed E-state index contributed by atoms with van der Waals surface area (Å²) in [7, 11) is 0. The van der Waals surface area contributed by atoms with E-state index in [1.54, 1.807) is 60.7 Å². The Bertz CT molecular complexity index is 3770. The molecule has 2 aliphatic heterocycles. The second-order valence-electron chi connectivity index (χ2n) is 31.1. The van der Waals surface area contributed by atoms with Crippen LogP contribution in [0.2, 0.25) is 0 Å². The van der Waals surface area contributed by atoms with Gasteiger partial charge in [0.1, 0.15) is 48.3 Å². The maximum atomic E-state index is 14.2. The van der Waals surface area contributed by atoms with Gasteiger partial charge < -0.3 is 142 Å². The van der Waals surface area contributed by atoms with Gasteiger partial charge in [-0.1, -0.05) is 60.7 Å². The predicted molar refractivity (Wildman–Crippen MR) is 474 cm³/mol. The summed E-state index contributed by atoms with van der Waals surface area (Å²) in [4.78, 5) is 240. The average Bonchev–Trinajstić information content (AvgIpc) is 1.84. The fourth-order valence-electron chi connectivity index (χ4n) is 13.3. The summed E-state index contributed by atoms with van der Waals surface area (Å²) in [5.74, 6) is -14.5. The minimum Gasteiger partial charge on any atom is -0.481 e. The van der Waals surface area contributed by atoms with Crippen molar-refractivity contribution in [3.8, 4) is 0 Å². The number of guanidine groups is 2. The van der Waals surface area contributed by atoms with Crippen LogP contribution in [0.4, 0.5) is 0 Å². The van der Waals surface area contributed by atoms with Crippen LogP contribution in [0, 0.1) is 10.8 Å². The molecule has 2 fully saturated rings. The molecule has 0 aromatic heterocycles. The van der Waals surface area contributed by atoms with Gasteiger partial charge in [-0.3, -0.25) is 97.1 Å². The minimum atomic E-state index is -1.67. The first-order valence-corrected chi connectivity index (χ1v) is 44.3. The van der Waals surface area contributed by atoms with Crippen molar-refractivity contribution >= 4 is 118 Å². The van der Waals surface area contributed by atoms with E-state index < -0.39 is 145 Å². The first-order valence-electron chi connectivity index (χ1n) is 44.3. The highest BCUT2D eigenvalue weighted by molar-refractivity contribution is 6.00. The van der Waals surface area contributed by atoms with Crippen LogP contribution in [0.25, 0.3) is 0 Å². The quantitative estimate of drug-likeness (QED) is 0.0166. The fourth-order valence-corrected chi connectivity index (χ4v) is 13.3. The van der Waals surface area contributed by atoms with E-state index in [0.29, 0.717) is 83.1 Å².